The second-order valence-electron chi connectivity index (χ2n) is 3.95. The highest BCUT2D eigenvalue weighted by atomic mass is 79.9. The maximum absolute atomic E-state index is 11.8. The number of hydrogen-bond donors (Lipinski definition) is 0. The van der Waals surface area contributed by atoms with Gasteiger partial charge in [-0.25, -0.2) is 0 Å². The van der Waals surface area contributed by atoms with Crippen LogP contribution in [0.3, 0.4) is 0 Å². The van der Waals surface area contributed by atoms with E-state index in [9.17, 15) is 4.79 Å². The van der Waals surface area contributed by atoms with Gasteiger partial charge in [0.05, 0.1) is 15.7 Å². The molecule has 6 heteroatoms. The SMILES string of the molecule is O=C1CC(CCl)CN1c1cc(Cl)c(Br)cc1Cl. The van der Waals surface area contributed by atoms with Gasteiger partial charge < -0.3 is 4.90 Å². The molecule has 1 aromatic carbocycles. The van der Waals surface area contributed by atoms with Crippen molar-refractivity contribution in [2.75, 3.05) is 17.3 Å². The summed E-state index contributed by atoms with van der Waals surface area (Å²) in [5, 5.41) is 1.04. The van der Waals surface area contributed by atoms with Crippen molar-refractivity contribution in [3.63, 3.8) is 0 Å². The first-order valence-electron chi connectivity index (χ1n) is 5.03. The molecule has 1 heterocycles. The van der Waals surface area contributed by atoms with E-state index < -0.39 is 0 Å². The maximum Gasteiger partial charge on any atom is 0.227 e. The molecular formula is C11H9BrCl3NO. The second-order valence-corrected chi connectivity index (χ2v) is 5.92. The zero-order chi connectivity index (χ0) is 12.6. The smallest absolute Gasteiger partial charge is 0.227 e. The summed E-state index contributed by atoms with van der Waals surface area (Å²) >= 11 is 21.2. The Bertz CT molecular complexity index is 466. The Kier molecular flexibility index (Phi) is 4.24. The van der Waals surface area contributed by atoms with Gasteiger partial charge >= 0.3 is 0 Å². The van der Waals surface area contributed by atoms with E-state index in [0.717, 1.165) is 0 Å². The first-order chi connectivity index (χ1) is 8.02. The Labute approximate surface area is 123 Å². The molecule has 0 saturated carbocycles. The molecule has 0 aromatic heterocycles. The van der Waals surface area contributed by atoms with Gasteiger partial charge in [-0.2, -0.15) is 0 Å². The maximum atomic E-state index is 11.8. The van der Waals surface area contributed by atoms with E-state index in [2.05, 4.69) is 15.9 Å². The number of carbonyl (C=O) groups is 1. The van der Waals surface area contributed by atoms with Crippen molar-refractivity contribution >= 4 is 62.3 Å². The van der Waals surface area contributed by atoms with Gasteiger partial charge in [0, 0.05) is 23.3 Å². The zero-order valence-corrected chi connectivity index (χ0v) is 12.6. The van der Waals surface area contributed by atoms with Gasteiger partial charge in [0.15, 0.2) is 0 Å². The number of amides is 1. The van der Waals surface area contributed by atoms with Crippen LogP contribution in [0.1, 0.15) is 6.42 Å². The number of carbonyl (C=O) groups excluding carboxylic acids is 1. The number of rotatable bonds is 2. The Balaban J connectivity index is 2.35. The Hall–Kier alpha value is 0.0400. The van der Waals surface area contributed by atoms with Crippen molar-refractivity contribution < 1.29 is 4.79 Å². The molecule has 0 N–H and O–H groups in total. The van der Waals surface area contributed by atoms with Crippen molar-refractivity contribution in [3.05, 3.63) is 26.7 Å². The second kappa shape index (κ2) is 5.35. The van der Waals surface area contributed by atoms with E-state index in [-0.39, 0.29) is 11.8 Å². The van der Waals surface area contributed by atoms with Gasteiger partial charge in [-0.05, 0) is 34.0 Å². The molecule has 17 heavy (non-hydrogen) atoms. The highest BCUT2D eigenvalue weighted by Gasteiger charge is 2.31. The molecule has 92 valence electrons. The summed E-state index contributed by atoms with van der Waals surface area (Å²) in [6, 6.07) is 3.39. The summed E-state index contributed by atoms with van der Waals surface area (Å²) in [7, 11) is 0. The first-order valence-corrected chi connectivity index (χ1v) is 7.12. The van der Waals surface area contributed by atoms with Crippen molar-refractivity contribution in [1.82, 2.24) is 0 Å². The summed E-state index contributed by atoms with van der Waals surface area (Å²) < 4.78 is 0.716. The fourth-order valence-corrected chi connectivity index (χ4v) is 2.94. The summed E-state index contributed by atoms with van der Waals surface area (Å²) in [4.78, 5) is 13.5. The quantitative estimate of drug-likeness (QED) is 0.569. The van der Waals surface area contributed by atoms with Crippen LogP contribution in [0.25, 0.3) is 0 Å². The molecule has 1 aliphatic heterocycles. The number of nitrogens with zero attached hydrogens (tertiary/aromatic N) is 1. The molecule has 0 aliphatic carbocycles. The molecule has 2 rings (SSSR count). The van der Waals surface area contributed by atoms with Crippen LogP contribution in [0.2, 0.25) is 10.0 Å². The number of alkyl halides is 1. The molecule has 1 aromatic rings. The normalized spacial score (nSPS) is 20.1. The van der Waals surface area contributed by atoms with Crippen molar-refractivity contribution in [2.45, 2.75) is 6.42 Å². The molecule has 2 nitrogen and oxygen atoms in total. The van der Waals surface area contributed by atoms with Gasteiger partial charge in [-0.3, -0.25) is 4.79 Å². The van der Waals surface area contributed by atoms with Crippen LogP contribution in [0, 0.1) is 5.92 Å². The lowest BCUT2D eigenvalue weighted by Crippen LogP contribution is -2.25. The average molecular weight is 357 g/mol. The first kappa shape index (κ1) is 13.5. The van der Waals surface area contributed by atoms with Gasteiger partial charge in [0.1, 0.15) is 0 Å². The van der Waals surface area contributed by atoms with Crippen molar-refractivity contribution in [2.24, 2.45) is 5.92 Å². The topological polar surface area (TPSA) is 20.3 Å². The minimum atomic E-state index is 0.0379. The third kappa shape index (κ3) is 2.73. The van der Waals surface area contributed by atoms with Crippen LogP contribution in [0.5, 0.6) is 0 Å². The molecule has 1 atom stereocenters. The molecule has 1 aliphatic rings. The van der Waals surface area contributed by atoms with E-state index in [1.807, 2.05) is 0 Å². The van der Waals surface area contributed by atoms with E-state index in [1.165, 1.54) is 0 Å². The standard InChI is InChI=1S/C11H9BrCl3NO/c12-7-2-9(15)10(3-8(7)14)16-5-6(4-13)1-11(16)17/h2-3,6H,1,4-5H2. The zero-order valence-electron chi connectivity index (χ0n) is 8.72. The average Bonchev–Trinajstić information content (AvgIpc) is 2.65. The number of hydrogen-bond acceptors (Lipinski definition) is 1. The van der Waals surface area contributed by atoms with Gasteiger partial charge in [0.25, 0.3) is 0 Å². The Morgan fingerprint density at radius 3 is 2.65 bits per heavy atom. The fraction of sp³-hybridized carbons (Fsp3) is 0.364. The predicted octanol–water partition coefficient (Wildman–Crippen LogP) is 4.35. The van der Waals surface area contributed by atoms with Crippen LogP contribution >= 0.6 is 50.7 Å². The largest absolute Gasteiger partial charge is 0.311 e. The predicted molar refractivity (Wildman–Crippen MR) is 75.3 cm³/mol. The van der Waals surface area contributed by atoms with Crippen molar-refractivity contribution in [1.29, 1.82) is 0 Å². The highest BCUT2D eigenvalue weighted by Crippen LogP contribution is 2.37. The van der Waals surface area contributed by atoms with Crippen LogP contribution in [-0.2, 0) is 4.79 Å². The Morgan fingerprint density at radius 2 is 2.06 bits per heavy atom. The Morgan fingerprint density at radius 1 is 1.35 bits per heavy atom. The van der Waals surface area contributed by atoms with Crippen molar-refractivity contribution in [3.8, 4) is 0 Å². The minimum absolute atomic E-state index is 0.0379. The lowest BCUT2D eigenvalue weighted by atomic mass is 10.1. The third-order valence-corrected chi connectivity index (χ3v) is 4.64. The molecular weight excluding hydrogens is 348 g/mol. The van der Waals surface area contributed by atoms with Gasteiger partial charge in [0.2, 0.25) is 5.91 Å². The van der Waals surface area contributed by atoms with Crippen LogP contribution < -0.4 is 4.90 Å². The third-order valence-electron chi connectivity index (χ3n) is 2.70. The monoisotopic (exact) mass is 355 g/mol. The van der Waals surface area contributed by atoms with Gasteiger partial charge in [-0.15, -0.1) is 11.6 Å². The molecule has 1 unspecified atom stereocenters. The lowest BCUT2D eigenvalue weighted by Gasteiger charge is -2.18. The number of anilines is 1. The highest BCUT2D eigenvalue weighted by molar-refractivity contribution is 9.10. The summed E-state index contributed by atoms with van der Waals surface area (Å²) in [6.45, 7) is 0.597. The molecule has 0 radical (unpaired) electrons. The van der Waals surface area contributed by atoms with Crippen LogP contribution in [0.4, 0.5) is 5.69 Å². The fourth-order valence-electron chi connectivity index (χ4n) is 1.84. The minimum Gasteiger partial charge on any atom is -0.311 e. The lowest BCUT2D eigenvalue weighted by molar-refractivity contribution is -0.117. The van der Waals surface area contributed by atoms with Gasteiger partial charge in [-0.1, -0.05) is 23.2 Å². The van der Waals surface area contributed by atoms with E-state index in [0.29, 0.717) is 39.1 Å². The molecule has 0 bridgehead atoms. The van der Waals surface area contributed by atoms with Crippen LogP contribution in [-0.4, -0.2) is 18.3 Å². The van der Waals surface area contributed by atoms with E-state index >= 15 is 0 Å². The molecule has 1 fully saturated rings. The molecule has 0 spiro atoms. The molecule has 1 amide bonds. The summed E-state index contributed by atoms with van der Waals surface area (Å²) in [6.07, 6.45) is 0.466. The number of benzene rings is 1. The molecule has 1 saturated heterocycles. The summed E-state index contributed by atoms with van der Waals surface area (Å²) in [5.74, 6) is 0.697. The van der Waals surface area contributed by atoms with E-state index in [4.69, 9.17) is 34.8 Å². The number of halogens is 4. The summed E-state index contributed by atoms with van der Waals surface area (Å²) in [5.41, 5.74) is 0.650. The van der Waals surface area contributed by atoms with E-state index in [1.54, 1.807) is 17.0 Å². The van der Waals surface area contributed by atoms with Crippen LogP contribution in [0.15, 0.2) is 16.6 Å².